The molecule has 0 radical (unpaired) electrons. The standard InChI is InChI=1S/C13H24N2O4/c1-15(9-10-19-2)12(18)14-13(11(16)17)7-5-3-4-6-8-13/h3-10H2,1-2H3,(H,14,18)(H,16,17). The molecule has 1 rings (SSSR count). The second-order valence-corrected chi connectivity index (χ2v) is 5.15. The molecule has 0 unspecified atom stereocenters. The lowest BCUT2D eigenvalue weighted by molar-refractivity contribution is -0.145. The van der Waals surface area contributed by atoms with Crippen LogP contribution < -0.4 is 5.32 Å². The number of hydrogen-bond donors (Lipinski definition) is 2. The maximum atomic E-state index is 12.0. The van der Waals surface area contributed by atoms with Gasteiger partial charge in [0, 0.05) is 20.7 Å². The molecule has 1 aliphatic carbocycles. The Bertz CT molecular complexity index is 312. The van der Waals surface area contributed by atoms with Crippen molar-refractivity contribution < 1.29 is 19.4 Å². The maximum Gasteiger partial charge on any atom is 0.329 e. The Morgan fingerprint density at radius 2 is 1.84 bits per heavy atom. The first-order valence-electron chi connectivity index (χ1n) is 6.77. The van der Waals surface area contributed by atoms with Crippen LogP contribution in [0, 0.1) is 0 Å². The van der Waals surface area contributed by atoms with E-state index < -0.39 is 11.5 Å². The summed E-state index contributed by atoms with van der Waals surface area (Å²) in [7, 11) is 3.20. The van der Waals surface area contributed by atoms with Crippen molar-refractivity contribution in [2.45, 2.75) is 44.1 Å². The van der Waals surface area contributed by atoms with Crippen molar-refractivity contribution in [3.05, 3.63) is 0 Å². The van der Waals surface area contributed by atoms with Gasteiger partial charge in [-0.2, -0.15) is 0 Å². The molecule has 1 fully saturated rings. The van der Waals surface area contributed by atoms with Crippen LogP contribution in [-0.4, -0.2) is 54.9 Å². The molecule has 6 nitrogen and oxygen atoms in total. The molecule has 2 amide bonds. The van der Waals surface area contributed by atoms with Crippen molar-refractivity contribution in [3.63, 3.8) is 0 Å². The zero-order chi connectivity index (χ0) is 14.3. The smallest absolute Gasteiger partial charge is 0.329 e. The Hall–Kier alpha value is -1.30. The molecule has 0 saturated heterocycles. The summed E-state index contributed by atoms with van der Waals surface area (Å²) in [6, 6.07) is -0.346. The molecule has 0 aromatic carbocycles. The highest BCUT2D eigenvalue weighted by molar-refractivity contribution is 5.86. The summed E-state index contributed by atoms with van der Waals surface area (Å²) in [5.74, 6) is -0.928. The minimum atomic E-state index is -1.10. The molecule has 0 aromatic rings. The third-order valence-corrected chi connectivity index (χ3v) is 3.69. The van der Waals surface area contributed by atoms with Crippen LogP contribution in [0.1, 0.15) is 38.5 Å². The average molecular weight is 272 g/mol. The number of likely N-dealkylation sites (N-methyl/N-ethyl adjacent to an activating group) is 1. The first kappa shape index (κ1) is 15.8. The summed E-state index contributed by atoms with van der Waals surface area (Å²) in [4.78, 5) is 25.0. The third kappa shape index (κ3) is 4.38. The van der Waals surface area contributed by atoms with Gasteiger partial charge in [-0.3, -0.25) is 0 Å². The summed E-state index contributed by atoms with van der Waals surface area (Å²) in [6.07, 6.45) is 4.76. The van der Waals surface area contributed by atoms with E-state index in [0.29, 0.717) is 26.0 Å². The van der Waals surface area contributed by atoms with Crippen LogP contribution in [0.5, 0.6) is 0 Å². The molecule has 110 valence electrons. The number of ether oxygens (including phenoxy) is 1. The minimum Gasteiger partial charge on any atom is -0.480 e. The third-order valence-electron chi connectivity index (χ3n) is 3.69. The number of hydrogen-bond acceptors (Lipinski definition) is 3. The van der Waals surface area contributed by atoms with Gasteiger partial charge < -0.3 is 20.1 Å². The molecule has 2 N–H and O–H groups in total. The molecule has 0 spiro atoms. The van der Waals surface area contributed by atoms with Gasteiger partial charge in [0.05, 0.1) is 6.61 Å². The van der Waals surface area contributed by atoms with Crippen molar-refractivity contribution in [2.75, 3.05) is 27.3 Å². The molecule has 0 aliphatic heterocycles. The van der Waals surface area contributed by atoms with Gasteiger partial charge in [-0.05, 0) is 12.8 Å². The van der Waals surface area contributed by atoms with Gasteiger partial charge in [0.1, 0.15) is 5.54 Å². The summed E-state index contributed by atoms with van der Waals surface area (Å²) < 4.78 is 4.91. The van der Waals surface area contributed by atoms with Gasteiger partial charge >= 0.3 is 12.0 Å². The van der Waals surface area contributed by atoms with E-state index in [4.69, 9.17) is 4.74 Å². The fourth-order valence-corrected chi connectivity index (χ4v) is 2.35. The average Bonchev–Trinajstić information content (AvgIpc) is 2.62. The van der Waals surface area contributed by atoms with Crippen LogP contribution in [-0.2, 0) is 9.53 Å². The van der Waals surface area contributed by atoms with E-state index in [9.17, 15) is 14.7 Å². The Kier molecular flexibility index (Phi) is 6.08. The largest absolute Gasteiger partial charge is 0.480 e. The van der Waals surface area contributed by atoms with Crippen molar-refractivity contribution in [1.29, 1.82) is 0 Å². The number of methoxy groups -OCH3 is 1. The first-order valence-corrected chi connectivity index (χ1v) is 6.77. The topological polar surface area (TPSA) is 78.9 Å². The highest BCUT2D eigenvalue weighted by Crippen LogP contribution is 2.27. The first-order chi connectivity index (χ1) is 9.02. The summed E-state index contributed by atoms with van der Waals surface area (Å²) >= 11 is 0. The molecule has 19 heavy (non-hydrogen) atoms. The van der Waals surface area contributed by atoms with Gasteiger partial charge in [0.25, 0.3) is 0 Å². The summed E-state index contributed by atoms with van der Waals surface area (Å²) in [5, 5.41) is 12.2. The highest BCUT2D eigenvalue weighted by atomic mass is 16.5. The van der Waals surface area contributed by atoms with Gasteiger partial charge in [-0.15, -0.1) is 0 Å². The molecule has 0 aromatic heterocycles. The molecule has 0 atom stereocenters. The predicted octanol–water partition coefficient (Wildman–Crippen LogP) is 1.45. The monoisotopic (exact) mass is 272 g/mol. The van der Waals surface area contributed by atoms with E-state index in [1.807, 2.05) is 0 Å². The van der Waals surface area contributed by atoms with Gasteiger partial charge in [0.15, 0.2) is 0 Å². The predicted molar refractivity (Wildman–Crippen MR) is 71.1 cm³/mol. The van der Waals surface area contributed by atoms with Crippen LogP contribution in [0.4, 0.5) is 4.79 Å². The minimum absolute atomic E-state index is 0.346. The SMILES string of the molecule is COCCN(C)C(=O)NC1(C(=O)O)CCCCCC1. The molecule has 0 heterocycles. The molecular weight excluding hydrogens is 248 g/mol. The van der Waals surface area contributed by atoms with Gasteiger partial charge in [-0.1, -0.05) is 25.7 Å². The molecule has 6 heteroatoms. The maximum absolute atomic E-state index is 12.0. The van der Waals surface area contributed by atoms with Crippen molar-refractivity contribution >= 4 is 12.0 Å². The lowest BCUT2D eigenvalue weighted by Crippen LogP contribution is -2.57. The quantitative estimate of drug-likeness (QED) is 0.742. The Balaban J connectivity index is 2.67. The molecule has 1 saturated carbocycles. The Morgan fingerprint density at radius 1 is 1.26 bits per heavy atom. The Labute approximate surface area is 114 Å². The van der Waals surface area contributed by atoms with Gasteiger partial charge in [0.2, 0.25) is 0 Å². The van der Waals surface area contributed by atoms with Crippen molar-refractivity contribution in [3.8, 4) is 0 Å². The Morgan fingerprint density at radius 3 is 2.32 bits per heavy atom. The second kappa shape index (κ2) is 7.33. The number of nitrogens with zero attached hydrogens (tertiary/aromatic N) is 1. The summed E-state index contributed by atoms with van der Waals surface area (Å²) in [6.45, 7) is 0.877. The normalized spacial score (nSPS) is 18.4. The van der Waals surface area contributed by atoms with E-state index in [-0.39, 0.29) is 6.03 Å². The van der Waals surface area contributed by atoms with E-state index >= 15 is 0 Å². The fourth-order valence-electron chi connectivity index (χ4n) is 2.35. The van der Waals surface area contributed by atoms with Crippen LogP contribution >= 0.6 is 0 Å². The fraction of sp³-hybridized carbons (Fsp3) is 0.846. The summed E-state index contributed by atoms with van der Waals surface area (Å²) in [5.41, 5.74) is -1.10. The lowest BCUT2D eigenvalue weighted by Gasteiger charge is -2.31. The number of amides is 2. The number of rotatable bonds is 5. The zero-order valence-electron chi connectivity index (χ0n) is 11.8. The number of carbonyl (C=O) groups is 2. The molecular formula is C13H24N2O4. The second-order valence-electron chi connectivity index (χ2n) is 5.15. The van der Waals surface area contributed by atoms with E-state index in [0.717, 1.165) is 25.7 Å². The van der Waals surface area contributed by atoms with Crippen molar-refractivity contribution in [1.82, 2.24) is 10.2 Å². The van der Waals surface area contributed by atoms with Crippen LogP contribution in [0.25, 0.3) is 0 Å². The van der Waals surface area contributed by atoms with Crippen molar-refractivity contribution in [2.24, 2.45) is 0 Å². The number of urea groups is 1. The van der Waals surface area contributed by atoms with E-state index in [1.165, 1.54) is 4.90 Å². The van der Waals surface area contributed by atoms with Gasteiger partial charge in [-0.25, -0.2) is 9.59 Å². The molecule has 1 aliphatic rings. The zero-order valence-corrected chi connectivity index (χ0v) is 11.8. The molecule has 0 bridgehead atoms. The number of aliphatic carboxylic acids is 1. The lowest BCUT2D eigenvalue weighted by atomic mass is 9.90. The number of carbonyl (C=O) groups excluding carboxylic acids is 1. The van der Waals surface area contributed by atoms with E-state index in [1.54, 1.807) is 14.2 Å². The number of nitrogens with one attached hydrogen (secondary N) is 1. The number of carboxylic acids is 1. The number of carboxylic acid groups (broad SMARTS) is 1. The van der Waals surface area contributed by atoms with E-state index in [2.05, 4.69) is 5.32 Å². The highest BCUT2D eigenvalue weighted by Gasteiger charge is 2.40. The van der Waals surface area contributed by atoms with Crippen LogP contribution in [0.2, 0.25) is 0 Å². The van der Waals surface area contributed by atoms with Crippen LogP contribution in [0.3, 0.4) is 0 Å². The van der Waals surface area contributed by atoms with Crippen LogP contribution in [0.15, 0.2) is 0 Å².